The van der Waals surface area contributed by atoms with Crippen LogP contribution in [0, 0.1) is 12.8 Å². The first-order valence-corrected chi connectivity index (χ1v) is 4.93. The van der Waals surface area contributed by atoms with Crippen LogP contribution in [0.5, 0.6) is 0 Å². The number of carbonyl (C=O) groups is 1. The lowest BCUT2D eigenvalue weighted by Crippen LogP contribution is -2.24. The minimum atomic E-state index is 0.188. The van der Waals surface area contributed by atoms with E-state index >= 15 is 0 Å². The fourth-order valence-electron chi connectivity index (χ4n) is 1.49. The number of aryl methyl sites for hydroxylation is 2. The Labute approximate surface area is 83.3 Å². The van der Waals surface area contributed by atoms with Crippen LogP contribution < -0.4 is 5.32 Å². The summed E-state index contributed by atoms with van der Waals surface area (Å²) in [6, 6.07) is 0. The first-order valence-electron chi connectivity index (χ1n) is 4.93. The summed E-state index contributed by atoms with van der Waals surface area (Å²) in [6.07, 6.45) is 4.05. The SMILES string of the molecule is Cc1nn(C)cc1CNC(=O)C1CC1. The minimum absolute atomic E-state index is 0.188. The maximum atomic E-state index is 11.4. The highest BCUT2D eigenvalue weighted by atomic mass is 16.2. The van der Waals surface area contributed by atoms with Gasteiger partial charge < -0.3 is 5.32 Å². The normalized spacial score (nSPS) is 15.6. The van der Waals surface area contributed by atoms with E-state index in [2.05, 4.69) is 10.4 Å². The number of carbonyl (C=O) groups excluding carboxylic acids is 1. The van der Waals surface area contributed by atoms with Gasteiger partial charge in [0.05, 0.1) is 5.69 Å². The van der Waals surface area contributed by atoms with E-state index in [-0.39, 0.29) is 11.8 Å². The lowest BCUT2D eigenvalue weighted by atomic mass is 10.2. The molecule has 0 spiro atoms. The van der Waals surface area contributed by atoms with Crippen molar-refractivity contribution < 1.29 is 4.79 Å². The third-order valence-electron chi connectivity index (χ3n) is 2.52. The van der Waals surface area contributed by atoms with Crippen molar-refractivity contribution in [3.05, 3.63) is 17.5 Å². The van der Waals surface area contributed by atoms with Crippen LogP contribution in [-0.2, 0) is 18.4 Å². The second-order valence-corrected chi connectivity index (χ2v) is 3.91. The van der Waals surface area contributed by atoms with Crippen LogP contribution >= 0.6 is 0 Å². The van der Waals surface area contributed by atoms with E-state index in [0.29, 0.717) is 6.54 Å². The highest BCUT2D eigenvalue weighted by Crippen LogP contribution is 2.28. The molecule has 4 heteroatoms. The summed E-state index contributed by atoms with van der Waals surface area (Å²) in [5.41, 5.74) is 2.09. The van der Waals surface area contributed by atoms with Crippen LogP contribution in [0.25, 0.3) is 0 Å². The van der Waals surface area contributed by atoms with Crippen molar-refractivity contribution >= 4 is 5.91 Å². The summed E-state index contributed by atoms with van der Waals surface area (Å²) in [6.45, 7) is 2.56. The van der Waals surface area contributed by atoms with Gasteiger partial charge in [-0.25, -0.2) is 0 Å². The molecular formula is C10H15N3O. The molecule has 0 aliphatic heterocycles. The van der Waals surface area contributed by atoms with Crippen molar-refractivity contribution in [2.75, 3.05) is 0 Å². The van der Waals surface area contributed by atoms with Gasteiger partial charge in [-0.1, -0.05) is 0 Å². The number of nitrogens with zero attached hydrogens (tertiary/aromatic N) is 2. The summed E-state index contributed by atoms with van der Waals surface area (Å²) in [4.78, 5) is 11.4. The Morgan fingerprint density at radius 2 is 2.43 bits per heavy atom. The maximum Gasteiger partial charge on any atom is 0.223 e. The summed E-state index contributed by atoms with van der Waals surface area (Å²) in [5.74, 6) is 0.472. The number of amides is 1. The second-order valence-electron chi connectivity index (χ2n) is 3.91. The average molecular weight is 193 g/mol. The standard InChI is InChI=1S/C10H15N3O/c1-7-9(6-13(2)12-7)5-11-10(14)8-3-4-8/h6,8H,3-5H2,1-2H3,(H,11,14). The van der Waals surface area contributed by atoms with Crippen molar-refractivity contribution in [2.45, 2.75) is 26.3 Å². The van der Waals surface area contributed by atoms with Crippen LogP contribution in [0.1, 0.15) is 24.1 Å². The van der Waals surface area contributed by atoms with Crippen LogP contribution in [0.2, 0.25) is 0 Å². The van der Waals surface area contributed by atoms with Crippen molar-refractivity contribution in [2.24, 2.45) is 13.0 Å². The molecule has 0 atom stereocenters. The van der Waals surface area contributed by atoms with E-state index in [1.54, 1.807) is 4.68 Å². The zero-order valence-electron chi connectivity index (χ0n) is 8.58. The van der Waals surface area contributed by atoms with E-state index in [4.69, 9.17) is 0 Å². The van der Waals surface area contributed by atoms with E-state index in [0.717, 1.165) is 24.1 Å². The Morgan fingerprint density at radius 1 is 1.71 bits per heavy atom. The van der Waals surface area contributed by atoms with Gasteiger partial charge in [0, 0.05) is 31.3 Å². The van der Waals surface area contributed by atoms with Crippen LogP contribution in [-0.4, -0.2) is 15.7 Å². The van der Waals surface area contributed by atoms with E-state index < -0.39 is 0 Å². The molecule has 0 bridgehead atoms. The Bertz CT molecular complexity index is 352. The average Bonchev–Trinajstić information content (AvgIpc) is 2.90. The molecule has 0 unspecified atom stereocenters. The van der Waals surface area contributed by atoms with Gasteiger partial charge >= 0.3 is 0 Å². The van der Waals surface area contributed by atoms with Crippen molar-refractivity contribution in [1.29, 1.82) is 0 Å². The third-order valence-corrected chi connectivity index (χ3v) is 2.52. The molecule has 1 aliphatic rings. The highest BCUT2D eigenvalue weighted by molar-refractivity contribution is 5.80. The van der Waals surface area contributed by atoms with Gasteiger partial charge in [-0.3, -0.25) is 9.48 Å². The lowest BCUT2D eigenvalue weighted by Gasteiger charge is -2.01. The molecule has 1 N–H and O–H groups in total. The topological polar surface area (TPSA) is 46.9 Å². The summed E-state index contributed by atoms with van der Waals surface area (Å²) < 4.78 is 1.77. The van der Waals surface area contributed by atoms with E-state index in [9.17, 15) is 4.79 Å². The zero-order chi connectivity index (χ0) is 10.1. The summed E-state index contributed by atoms with van der Waals surface area (Å²) >= 11 is 0. The van der Waals surface area contributed by atoms with Gasteiger partial charge in [0.15, 0.2) is 0 Å². The number of nitrogens with one attached hydrogen (secondary N) is 1. The number of rotatable bonds is 3. The van der Waals surface area contributed by atoms with E-state index in [1.807, 2.05) is 20.2 Å². The van der Waals surface area contributed by atoms with Crippen molar-refractivity contribution in [1.82, 2.24) is 15.1 Å². The monoisotopic (exact) mass is 193 g/mol. The Hall–Kier alpha value is -1.32. The van der Waals surface area contributed by atoms with Gasteiger partial charge in [-0.15, -0.1) is 0 Å². The highest BCUT2D eigenvalue weighted by Gasteiger charge is 2.29. The summed E-state index contributed by atoms with van der Waals surface area (Å²) in [5, 5.41) is 7.14. The Balaban J connectivity index is 1.90. The molecule has 1 aromatic heterocycles. The molecule has 4 nitrogen and oxygen atoms in total. The Morgan fingerprint density at radius 3 is 2.93 bits per heavy atom. The number of hydrogen-bond donors (Lipinski definition) is 1. The van der Waals surface area contributed by atoms with Crippen LogP contribution in [0.4, 0.5) is 0 Å². The first kappa shape index (κ1) is 9.24. The molecule has 14 heavy (non-hydrogen) atoms. The van der Waals surface area contributed by atoms with Gasteiger partial charge in [-0.05, 0) is 19.8 Å². The molecule has 0 saturated heterocycles. The second kappa shape index (κ2) is 3.44. The quantitative estimate of drug-likeness (QED) is 0.770. The molecule has 1 saturated carbocycles. The van der Waals surface area contributed by atoms with Gasteiger partial charge in [-0.2, -0.15) is 5.10 Å². The molecular weight excluding hydrogens is 178 g/mol. The van der Waals surface area contributed by atoms with Crippen molar-refractivity contribution in [3.63, 3.8) is 0 Å². The number of hydrogen-bond acceptors (Lipinski definition) is 2. The molecule has 0 radical (unpaired) electrons. The molecule has 1 aliphatic carbocycles. The zero-order valence-corrected chi connectivity index (χ0v) is 8.58. The molecule has 1 fully saturated rings. The van der Waals surface area contributed by atoms with Gasteiger partial charge in [0.1, 0.15) is 0 Å². The Kier molecular flexibility index (Phi) is 2.27. The minimum Gasteiger partial charge on any atom is -0.352 e. The first-order chi connectivity index (χ1) is 6.66. The number of aromatic nitrogens is 2. The molecule has 1 amide bonds. The predicted molar refractivity (Wildman–Crippen MR) is 52.5 cm³/mol. The largest absolute Gasteiger partial charge is 0.352 e. The van der Waals surface area contributed by atoms with Gasteiger partial charge in [0.25, 0.3) is 0 Å². The fraction of sp³-hybridized carbons (Fsp3) is 0.600. The molecule has 2 rings (SSSR count). The van der Waals surface area contributed by atoms with Crippen molar-refractivity contribution in [3.8, 4) is 0 Å². The predicted octanol–water partition coefficient (Wildman–Crippen LogP) is 0.755. The van der Waals surface area contributed by atoms with Crippen LogP contribution in [0.15, 0.2) is 6.20 Å². The summed E-state index contributed by atoms with van der Waals surface area (Å²) in [7, 11) is 1.89. The molecule has 1 heterocycles. The maximum absolute atomic E-state index is 11.4. The third kappa shape index (κ3) is 1.95. The van der Waals surface area contributed by atoms with E-state index in [1.165, 1.54) is 0 Å². The smallest absolute Gasteiger partial charge is 0.223 e. The van der Waals surface area contributed by atoms with Crippen LogP contribution in [0.3, 0.4) is 0 Å². The molecule has 0 aromatic carbocycles. The fourth-order valence-corrected chi connectivity index (χ4v) is 1.49. The molecule has 76 valence electrons. The molecule has 1 aromatic rings. The van der Waals surface area contributed by atoms with Gasteiger partial charge in [0.2, 0.25) is 5.91 Å². The lowest BCUT2D eigenvalue weighted by molar-refractivity contribution is -0.122.